The lowest BCUT2D eigenvalue weighted by Crippen LogP contribution is -2.54. The van der Waals surface area contributed by atoms with E-state index in [1.807, 2.05) is 68.4 Å². The van der Waals surface area contributed by atoms with Crippen molar-refractivity contribution in [2.45, 2.75) is 45.3 Å². The molecule has 3 aromatic rings. The molecule has 0 saturated carbocycles. The maximum atomic E-state index is 14.1. The van der Waals surface area contributed by atoms with Gasteiger partial charge in [0.05, 0.1) is 24.1 Å². The van der Waals surface area contributed by atoms with E-state index in [4.69, 9.17) is 16.3 Å². The monoisotopic (exact) mass is 663 g/mol. The van der Waals surface area contributed by atoms with Crippen molar-refractivity contribution in [2.24, 2.45) is 0 Å². The zero-order valence-corrected chi connectivity index (χ0v) is 26.7. The van der Waals surface area contributed by atoms with Crippen LogP contribution in [-0.4, -0.2) is 57.1 Å². The average molecular weight is 665 g/mol. The number of carbonyl (C=O) groups is 2. The third kappa shape index (κ3) is 9.21. The van der Waals surface area contributed by atoms with Gasteiger partial charge in [0.15, 0.2) is 0 Å². The zero-order valence-electron chi connectivity index (χ0n) is 23.5. The highest BCUT2D eigenvalue weighted by molar-refractivity contribution is 9.10. The van der Waals surface area contributed by atoms with E-state index in [0.29, 0.717) is 12.2 Å². The molecule has 11 heteroatoms. The first kappa shape index (κ1) is 32.4. The Morgan fingerprint density at radius 1 is 1.02 bits per heavy atom. The number of sulfonamides is 1. The fourth-order valence-corrected chi connectivity index (χ4v) is 5.79. The van der Waals surface area contributed by atoms with Crippen LogP contribution in [0.15, 0.2) is 77.3 Å². The summed E-state index contributed by atoms with van der Waals surface area (Å²) in [6.45, 7) is 3.42. The Hall–Kier alpha value is -3.08. The number of nitrogens with one attached hydrogen (secondary N) is 1. The van der Waals surface area contributed by atoms with Gasteiger partial charge in [-0.3, -0.25) is 13.9 Å². The molecular weight excluding hydrogens is 630 g/mol. The van der Waals surface area contributed by atoms with Gasteiger partial charge in [-0.1, -0.05) is 76.9 Å². The molecule has 2 amide bonds. The van der Waals surface area contributed by atoms with Crippen LogP contribution in [0.1, 0.15) is 31.4 Å². The fourth-order valence-electron chi connectivity index (χ4n) is 4.25. The van der Waals surface area contributed by atoms with E-state index >= 15 is 0 Å². The van der Waals surface area contributed by atoms with E-state index in [1.54, 1.807) is 0 Å². The van der Waals surface area contributed by atoms with Crippen molar-refractivity contribution in [2.75, 3.05) is 24.2 Å². The Balaban J connectivity index is 2.07. The first-order valence-corrected chi connectivity index (χ1v) is 16.1. The molecule has 3 rings (SSSR count). The summed E-state index contributed by atoms with van der Waals surface area (Å²) in [5, 5.41) is 3.21. The molecule has 0 radical (unpaired) electrons. The topological polar surface area (TPSA) is 96.0 Å². The van der Waals surface area contributed by atoms with Crippen LogP contribution in [0.2, 0.25) is 5.02 Å². The molecular formula is C30H35BrClN3O5S. The van der Waals surface area contributed by atoms with Crippen molar-refractivity contribution in [1.29, 1.82) is 0 Å². The number of hydrogen-bond acceptors (Lipinski definition) is 5. The number of benzene rings is 3. The molecule has 0 aromatic heterocycles. The van der Waals surface area contributed by atoms with E-state index in [-0.39, 0.29) is 35.6 Å². The van der Waals surface area contributed by atoms with Crippen LogP contribution in [-0.2, 0) is 32.6 Å². The third-order valence-electron chi connectivity index (χ3n) is 6.62. The van der Waals surface area contributed by atoms with Crippen LogP contribution in [0.3, 0.4) is 0 Å². The average Bonchev–Trinajstić information content (AvgIpc) is 2.93. The number of ether oxygens (including phenoxy) is 1. The molecule has 3 aromatic carbocycles. The van der Waals surface area contributed by atoms with Crippen LogP contribution < -0.4 is 14.4 Å². The van der Waals surface area contributed by atoms with Crippen molar-refractivity contribution in [3.8, 4) is 5.75 Å². The Kier molecular flexibility index (Phi) is 11.6. The van der Waals surface area contributed by atoms with Gasteiger partial charge in [-0.2, -0.15) is 0 Å². The zero-order chi connectivity index (χ0) is 30.2. The van der Waals surface area contributed by atoms with Crippen LogP contribution >= 0.6 is 27.5 Å². The minimum absolute atomic E-state index is 0.0880. The number of nitrogens with zero attached hydrogens (tertiary/aromatic N) is 2. The summed E-state index contributed by atoms with van der Waals surface area (Å²) in [6.07, 6.45) is 1.98. The molecule has 0 unspecified atom stereocenters. The number of rotatable bonds is 13. The Bertz CT molecular complexity index is 1460. The highest BCUT2D eigenvalue weighted by atomic mass is 79.9. The van der Waals surface area contributed by atoms with Crippen LogP contribution in [0.25, 0.3) is 0 Å². The van der Waals surface area contributed by atoms with E-state index in [0.717, 1.165) is 26.2 Å². The number of methoxy groups -OCH3 is 1. The van der Waals surface area contributed by atoms with E-state index < -0.39 is 28.5 Å². The van der Waals surface area contributed by atoms with Crippen LogP contribution in [0, 0.1) is 0 Å². The van der Waals surface area contributed by atoms with Gasteiger partial charge in [0.1, 0.15) is 18.3 Å². The predicted molar refractivity (Wildman–Crippen MR) is 167 cm³/mol. The molecule has 220 valence electrons. The first-order chi connectivity index (χ1) is 19.4. The van der Waals surface area contributed by atoms with Crippen LogP contribution in [0.4, 0.5) is 5.69 Å². The number of anilines is 1. The molecule has 0 fully saturated rings. The largest absolute Gasteiger partial charge is 0.495 e. The Morgan fingerprint density at radius 2 is 1.71 bits per heavy atom. The first-order valence-electron chi connectivity index (χ1n) is 13.1. The fraction of sp³-hybridized carbons (Fsp3) is 0.333. The smallest absolute Gasteiger partial charge is 0.244 e. The van der Waals surface area contributed by atoms with Gasteiger partial charge in [-0.15, -0.1) is 0 Å². The maximum absolute atomic E-state index is 14.1. The standard InChI is InChI=1S/C30H35BrClN3O5S/c1-5-21(2)33-30(37)27(17-22-10-7-6-8-11-22)34(19-23-12-9-13-24(31)16-23)29(36)20-35(41(4,38)39)25-14-15-28(40-3)26(32)18-25/h6-16,18,21,27H,5,17,19-20H2,1-4H3,(H,33,37)/t21-,27+/m0/s1. The maximum Gasteiger partial charge on any atom is 0.244 e. The molecule has 8 nitrogen and oxygen atoms in total. The number of hydrogen-bond donors (Lipinski definition) is 1. The molecule has 0 aliphatic carbocycles. The molecule has 0 heterocycles. The molecule has 0 aliphatic heterocycles. The van der Waals surface area contributed by atoms with Gasteiger partial charge in [-0.25, -0.2) is 8.42 Å². The Labute approximate surface area is 255 Å². The van der Waals surface area contributed by atoms with E-state index in [2.05, 4.69) is 21.2 Å². The lowest BCUT2D eigenvalue weighted by atomic mass is 10.0. The molecule has 1 N–H and O–H groups in total. The molecule has 0 saturated heterocycles. The van der Waals surface area contributed by atoms with Crippen molar-refractivity contribution >= 4 is 55.1 Å². The van der Waals surface area contributed by atoms with Crippen LogP contribution in [0.5, 0.6) is 5.75 Å². The summed E-state index contributed by atoms with van der Waals surface area (Å²) in [6, 6.07) is 20.3. The lowest BCUT2D eigenvalue weighted by molar-refractivity contribution is -0.140. The molecule has 0 spiro atoms. The summed E-state index contributed by atoms with van der Waals surface area (Å²) >= 11 is 9.76. The minimum Gasteiger partial charge on any atom is -0.495 e. The quantitative estimate of drug-likeness (QED) is 0.263. The van der Waals surface area contributed by atoms with E-state index in [1.165, 1.54) is 30.2 Å². The minimum atomic E-state index is -3.91. The second-order valence-electron chi connectivity index (χ2n) is 9.76. The second kappa shape index (κ2) is 14.7. The van der Waals surface area contributed by atoms with E-state index in [9.17, 15) is 18.0 Å². The van der Waals surface area contributed by atoms with Gasteiger partial charge in [0.2, 0.25) is 21.8 Å². The Morgan fingerprint density at radius 3 is 2.29 bits per heavy atom. The van der Waals surface area contributed by atoms with Crippen molar-refractivity contribution in [1.82, 2.24) is 10.2 Å². The molecule has 0 bridgehead atoms. The second-order valence-corrected chi connectivity index (χ2v) is 13.0. The van der Waals surface area contributed by atoms with Gasteiger partial charge in [0, 0.05) is 23.5 Å². The number of carbonyl (C=O) groups excluding carboxylic acids is 2. The molecule has 0 aliphatic rings. The van der Waals surface area contributed by atoms with Gasteiger partial charge < -0.3 is 15.0 Å². The summed E-state index contributed by atoms with van der Waals surface area (Å²) in [7, 11) is -2.46. The van der Waals surface area contributed by atoms with Gasteiger partial charge in [0.25, 0.3) is 0 Å². The summed E-state index contributed by atoms with van der Waals surface area (Å²) in [4.78, 5) is 29.3. The normalized spacial score (nSPS) is 12.7. The number of amides is 2. The summed E-state index contributed by atoms with van der Waals surface area (Å²) in [5.74, 6) is -0.483. The highest BCUT2D eigenvalue weighted by Crippen LogP contribution is 2.30. The highest BCUT2D eigenvalue weighted by Gasteiger charge is 2.33. The van der Waals surface area contributed by atoms with Crippen molar-refractivity contribution in [3.63, 3.8) is 0 Å². The predicted octanol–water partition coefficient (Wildman–Crippen LogP) is 5.43. The summed E-state index contributed by atoms with van der Waals surface area (Å²) < 4.78 is 32.9. The van der Waals surface area contributed by atoms with Crippen molar-refractivity contribution < 1.29 is 22.7 Å². The molecule has 41 heavy (non-hydrogen) atoms. The summed E-state index contributed by atoms with van der Waals surface area (Å²) in [5.41, 5.74) is 1.85. The van der Waals surface area contributed by atoms with Gasteiger partial charge in [-0.05, 0) is 54.8 Å². The third-order valence-corrected chi connectivity index (χ3v) is 8.55. The van der Waals surface area contributed by atoms with Crippen molar-refractivity contribution in [3.05, 3.63) is 93.4 Å². The SMILES string of the molecule is CC[C@H](C)NC(=O)[C@@H](Cc1ccccc1)N(Cc1cccc(Br)c1)C(=O)CN(c1ccc(OC)c(Cl)c1)S(C)(=O)=O. The number of halogens is 2. The molecule has 2 atom stereocenters. The lowest BCUT2D eigenvalue weighted by Gasteiger charge is -2.34. The van der Waals surface area contributed by atoms with Gasteiger partial charge >= 0.3 is 0 Å².